The summed E-state index contributed by atoms with van der Waals surface area (Å²) in [6.07, 6.45) is 5.15. The maximum atomic E-state index is 5.64. The Bertz CT molecular complexity index is 280. The van der Waals surface area contributed by atoms with Gasteiger partial charge >= 0.3 is 0 Å². The molecule has 1 aromatic rings. The van der Waals surface area contributed by atoms with Gasteiger partial charge in [-0.1, -0.05) is 12.1 Å². The summed E-state index contributed by atoms with van der Waals surface area (Å²) < 4.78 is 5.64. The molecule has 1 radical (unpaired) electrons. The Kier molecular flexibility index (Phi) is 4.69. The largest absolute Gasteiger partial charge is 0.494 e. The van der Waals surface area contributed by atoms with Crippen molar-refractivity contribution in [1.29, 1.82) is 0 Å². The highest BCUT2D eigenvalue weighted by Crippen LogP contribution is 2.16. The van der Waals surface area contributed by atoms with Crippen LogP contribution in [0.15, 0.2) is 24.3 Å². The fourth-order valence-electron chi connectivity index (χ4n) is 2.15. The van der Waals surface area contributed by atoms with Gasteiger partial charge in [0.25, 0.3) is 0 Å². The van der Waals surface area contributed by atoms with Crippen LogP contribution in [0.3, 0.4) is 0 Å². The lowest BCUT2D eigenvalue weighted by molar-refractivity contribution is 0.300. The van der Waals surface area contributed by atoms with E-state index in [0.717, 1.165) is 24.7 Å². The minimum atomic E-state index is 0.837. The van der Waals surface area contributed by atoms with Crippen LogP contribution in [-0.2, 0) is 0 Å². The fraction of sp³-hybridized carbons (Fsp3) is 0.571. The third-order valence-electron chi connectivity index (χ3n) is 3.13. The summed E-state index contributed by atoms with van der Waals surface area (Å²) in [4.78, 5) is 0. The van der Waals surface area contributed by atoms with Crippen LogP contribution in [0.4, 0.5) is 0 Å². The summed E-state index contributed by atoms with van der Waals surface area (Å²) in [5.74, 6) is 1.87. The number of benzene rings is 1. The van der Waals surface area contributed by atoms with Gasteiger partial charge in [0.15, 0.2) is 0 Å². The molecular weight excluding hydrogens is 198 g/mol. The van der Waals surface area contributed by atoms with Crippen LogP contribution in [0.1, 0.15) is 25.7 Å². The second-order valence-corrected chi connectivity index (χ2v) is 4.44. The molecule has 2 rings (SSSR count). The maximum Gasteiger partial charge on any atom is 0.119 e. The van der Waals surface area contributed by atoms with Crippen LogP contribution in [0.5, 0.6) is 5.75 Å². The van der Waals surface area contributed by atoms with Gasteiger partial charge in [-0.05, 0) is 62.9 Å². The van der Waals surface area contributed by atoms with Gasteiger partial charge in [-0.2, -0.15) is 0 Å². The van der Waals surface area contributed by atoms with Crippen molar-refractivity contribution in [1.82, 2.24) is 5.32 Å². The number of unbranched alkanes of at least 4 members (excludes halogenated alkanes) is 1. The lowest BCUT2D eigenvalue weighted by atomic mass is 10.0. The molecule has 0 amide bonds. The summed E-state index contributed by atoms with van der Waals surface area (Å²) in [6, 6.07) is 10.7. The Morgan fingerprint density at radius 1 is 1.31 bits per heavy atom. The summed E-state index contributed by atoms with van der Waals surface area (Å²) >= 11 is 0. The molecule has 1 N–H and O–H groups in total. The highest BCUT2D eigenvalue weighted by Gasteiger charge is 2.13. The van der Waals surface area contributed by atoms with E-state index in [1.54, 1.807) is 0 Å². The van der Waals surface area contributed by atoms with Gasteiger partial charge < -0.3 is 10.1 Å². The van der Waals surface area contributed by atoms with Gasteiger partial charge in [0, 0.05) is 0 Å². The van der Waals surface area contributed by atoms with Gasteiger partial charge in [0.05, 0.1) is 6.61 Å². The summed E-state index contributed by atoms with van der Waals surface area (Å²) in [5, 5.41) is 3.40. The van der Waals surface area contributed by atoms with Crippen molar-refractivity contribution in [3.8, 4) is 5.75 Å². The molecule has 1 aliphatic heterocycles. The molecule has 0 bridgehead atoms. The highest BCUT2D eigenvalue weighted by atomic mass is 16.5. The SMILES string of the molecule is [c]1ccc(OCCCCC2CCNC2)cc1. The minimum Gasteiger partial charge on any atom is -0.494 e. The van der Waals surface area contributed by atoms with Crippen LogP contribution in [-0.4, -0.2) is 19.7 Å². The Morgan fingerprint density at radius 3 is 2.94 bits per heavy atom. The van der Waals surface area contributed by atoms with Gasteiger partial charge in [0.2, 0.25) is 0 Å². The molecule has 1 saturated heterocycles. The van der Waals surface area contributed by atoms with Crippen molar-refractivity contribution in [2.75, 3.05) is 19.7 Å². The predicted molar refractivity (Wildman–Crippen MR) is 65.6 cm³/mol. The number of hydrogen-bond donors (Lipinski definition) is 1. The molecule has 0 spiro atoms. The van der Waals surface area contributed by atoms with Gasteiger partial charge in [-0.15, -0.1) is 0 Å². The first-order valence-corrected chi connectivity index (χ1v) is 6.25. The van der Waals surface area contributed by atoms with Crippen LogP contribution in [0.25, 0.3) is 0 Å². The minimum absolute atomic E-state index is 0.837. The molecule has 2 nitrogen and oxygen atoms in total. The van der Waals surface area contributed by atoms with Crippen LogP contribution < -0.4 is 10.1 Å². The van der Waals surface area contributed by atoms with Gasteiger partial charge in [-0.25, -0.2) is 0 Å². The van der Waals surface area contributed by atoms with E-state index in [9.17, 15) is 0 Å². The molecule has 16 heavy (non-hydrogen) atoms. The summed E-state index contributed by atoms with van der Waals surface area (Å²) in [6.45, 7) is 3.27. The lowest BCUT2D eigenvalue weighted by Gasteiger charge is -2.08. The van der Waals surface area contributed by atoms with Crippen molar-refractivity contribution >= 4 is 0 Å². The van der Waals surface area contributed by atoms with Gasteiger partial charge in [0.1, 0.15) is 5.75 Å². The summed E-state index contributed by atoms with van der Waals surface area (Å²) in [5.41, 5.74) is 0. The van der Waals surface area contributed by atoms with E-state index in [0.29, 0.717) is 0 Å². The van der Waals surface area contributed by atoms with Crippen molar-refractivity contribution in [2.24, 2.45) is 5.92 Å². The fourth-order valence-corrected chi connectivity index (χ4v) is 2.15. The molecule has 1 atom stereocenters. The topological polar surface area (TPSA) is 21.3 Å². The first-order valence-electron chi connectivity index (χ1n) is 6.25. The molecule has 1 fully saturated rings. The van der Waals surface area contributed by atoms with Crippen LogP contribution in [0.2, 0.25) is 0 Å². The average molecular weight is 218 g/mol. The number of nitrogens with one attached hydrogen (secondary N) is 1. The molecular formula is C14H20NO. The molecule has 1 aliphatic rings. The zero-order valence-corrected chi connectivity index (χ0v) is 9.74. The van der Waals surface area contributed by atoms with E-state index >= 15 is 0 Å². The van der Waals surface area contributed by atoms with E-state index in [-0.39, 0.29) is 0 Å². The third kappa shape index (κ3) is 3.86. The zero-order chi connectivity index (χ0) is 11.1. The molecule has 1 heterocycles. The highest BCUT2D eigenvalue weighted by molar-refractivity contribution is 5.20. The standard InChI is InChI=1S/C14H20NO/c1-2-7-14(8-3-1)16-11-5-4-6-13-9-10-15-12-13/h2-3,7-8,13,15H,4-6,9-12H2. The maximum absolute atomic E-state index is 5.64. The molecule has 1 unspecified atom stereocenters. The monoisotopic (exact) mass is 218 g/mol. The van der Waals surface area contributed by atoms with E-state index < -0.39 is 0 Å². The Hall–Kier alpha value is -1.02. The first kappa shape index (κ1) is 11.5. The molecule has 2 heteroatoms. The van der Waals surface area contributed by atoms with E-state index in [1.165, 1.54) is 32.4 Å². The Morgan fingerprint density at radius 2 is 2.19 bits per heavy atom. The second-order valence-electron chi connectivity index (χ2n) is 4.44. The van der Waals surface area contributed by atoms with E-state index in [1.807, 2.05) is 24.3 Å². The number of hydrogen-bond acceptors (Lipinski definition) is 2. The molecule has 87 valence electrons. The average Bonchev–Trinajstić information content (AvgIpc) is 2.83. The second kappa shape index (κ2) is 6.54. The summed E-state index contributed by atoms with van der Waals surface area (Å²) in [7, 11) is 0. The Labute approximate surface area is 98.0 Å². The van der Waals surface area contributed by atoms with Crippen molar-refractivity contribution in [2.45, 2.75) is 25.7 Å². The molecule has 0 aliphatic carbocycles. The molecule has 0 saturated carbocycles. The zero-order valence-electron chi connectivity index (χ0n) is 9.74. The molecule has 1 aromatic carbocycles. The third-order valence-corrected chi connectivity index (χ3v) is 3.13. The van der Waals surface area contributed by atoms with Gasteiger partial charge in [-0.3, -0.25) is 0 Å². The van der Waals surface area contributed by atoms with Crippen molar-refractivity contribution in [3.63, 3.8) is 0 Å². The van der Waals surface area contributed by atoms with Crippen molar-refractivity contribution in [3.05, 3.63) is 30.3 Å². The smallest absolute Gasteiger partial charge is 0.119 e. The van der Waals surface area contributed by atoms with E-state index in [2.05, 4.69) is 11.4 Å². The Balaban J connectivity index is 1.52. The lowest BCUT2D eigenvalue weighted by Crippen LogP contribution is -2.09. The first-order chi connectivity index (χ1) is 7.95. The predicted octanol–water partition coefficient (Wildman–Crippen LogP) is 2.65. The van der Waals surface area contributed by atoms with Crippen LogP contribution in [0, 0.1) is 12.0 Å². The number of rotatable bonds is 6. The number of ether oxygens (including phenoxy) is 1. The quantitative estimate of drug-likeness (QED) is 0.741. The van der Waals surface area contributed by atoms with Crippen LogP contribution >= 0.6 is 0 Å². The molecule has 0 aromatic heterocycles. The van der Waals surface area contributed by atoms with E-state index in [4.69, 9.17) is 4.74 Å². The normalized spacial score (nSPS) is 19.9. The van der Waals surface area contributed by atoms with Crippen molar-refractivity contribution < 1.29 is 4.74 Å².